The number of hydrogen-bond donors (Lipinski definition) is 0. The summed E-state index contributed by atoms with van der Waals surface area (Å²) < 4.78 is 4.65. The van der Waals surface area contributed by atoms with Crippen molar-refractivity contribution in [2.45, 2.75) is 25.2 Å². The van der Waals surface area contributed by atoms with Gasteiger partial charge in [-0.1, -0.05) is 62.1 Å². The molecule has 3 nitrogen and oxygen atoms in total. The van der Waals surface area contributed by atoms with Gasteiger partial charge in [0.1, 0.15) is 11.6 Å². The number of ether oxygens (including phenoxy) is 1. The van der Waals surface area contributed by atoms with E-state index in [1.54, 1.807) is 6.08 Å². The van der Waals surface area contributed by atoms with Crippen molar-refractivity contribution in [1.29, 1.82) is 5.26 Å². The van der Waals surface area contributed by atoms with E-state index in [1.807, 2.05) is 30.3 Å². The van der Waals surface area contributed by atoms with Crippen molar-refractivity contribution in [3.63, 3.8) is 0 Å². The Morgan fingerprint density at radius 3 is 2.70 bits per heavy atom. The number of benzene rings is 1. The van der Waals surface area contributed by atoms with E-state index in [4.69, 9.17) is 5.26 Å². The molecule has 0 fully saturated rings. The van der Waals surface area contributed by atoms with Crippen LogP contribution in [-0.2, 0) is 14.9 Å². The van der Waals surface area contributed by atoms with Crippen LogP contribution in [0.4, 0.5) is 0 Å². The van der Waals surface area contributed by atoms with Gasteiger partial charge in [-0.05, 0) is 30.1 Å². The molecule has 1 aliphatic rings. The topological polar surface area (TPSA) is 50.1 Å². The van der Waals surface area contributed by atoms with Crippen LogP contribution in [0.2, 0.25) is 0 Å². The van der Waals surface area contributed by atoms with Crippen LogP contribution in [0.3, 0.4) is 0 Å². The Labute approximate surface area is 136 Å². The highest BCUT2D eigenvalue weighted by molar-refractivity contribution is 5.93. The Bertz CT molecular complexity index is 720. The molecule has 0 aliphatic heterocycles. The molecule has 0 amide bonds. The average molecular weight is 305 g/mol. The fourth-order valence-corrected chi connectivity index (χ4v) is 2.69. The Hall–Kier alpha value is -2.86. The van der Waals surface area contributed by atoms with Gasteiger partial charge in [0.2, 0.25) is 0 Å². The molecule has 0 saturated carbocycles. The van der Waals surface area contributed by atoms with Gasteiger partial charge >= 0.3 is 5.97 Å². The van der Waals surface area contributed by atoms with Crippen molar-refractivity contribution in [2.24, 2.45) is 0 Å². The summed E-state index contributed by atoms with van der Waals surface area (Å²) in [4.78, 5) is 11.6. The summed E-state index contributed by atoms with van der Waals surface area (Å²) in [6.07, 6.45) is 10.5. The fourth-order valence-electron chi connectivity index (χ4n) is 2.69. The minimum absolute atomic E-state index is 0.0347. The van der Waals surface area contributed by atoms with E-state index in [2.05, 4.69) is 42.5 Å². The van der Waals surface area contributed by atoms with Crippen LogP contribution in [0.15, 0.2) is 78.6 Å². The molecular weight excluding hydrogens is 286 g/mol. The van der Waals surface area contributed by atoms with Crippen LogP contribution in [0.5, 0.6) is 0 Å². The molecule has 1 atom stereocenters. The Morgan fingerprint density at radius 2 is 2.17 bits per heavy atom. The first kappa shape index (κ1) is 16.5. The van der Waals surface area contributed by atoms with E-state index in [-0.39, 0.29) is 11.0 Å². The first-order chi connectivity index (χ1) is 11.1. The molecule has 0 aromatic heterocycles. The van der Waals surface area contributed by atoms with Gasteiger partial charge < -0.3 is 4.74 Å². The van der Waals surface area contributed by atoms with Gasteiger partial charge in [-0.3, -0.25) is 0 Å². The molecule has 1 aromatic rings. The Morgan fingerprint density at radius 1 is 1.43 bits per heavy atom. The second-order valence-electron chi connectivity index (χ2n) is 5.36. The van der Waals surface area contributed by atoms with Crippen molar-refractivity contribution >= 4 is 5.97 Å². The number of hydrogen-bond acceptors (Lipinski definition) is 3. The van der Waals surface area contributed by atoms with Crippen molar-refractivity contribution in [3.8, 4) is 6.07 Å². The van der Waals surface area contributed by atoms with E-state index in [0.717, 1.165) is 24.7 Å². The first-order valence-corrected chi connectivity index (χ1v) is 7.54. The average Bonchev–Trinajstić information content (AvgIpc) is 2.61. The Kier molecular flexibility index (Phi) is 5.32. The molecule has 0 N–H and O–H groups in total. The van der Waals surface area contributed by atoms with Crippen molar-refractivity contribution in [3.05, 3.63) is 84.2 Å². The summed E-state index contributed by atoms with van der Waals surface area (Å²) in [5.74, 6) is -0.688. The molecule has 3 heteroatoms. The molecule has 23 heavy (non-hydrogen) atoms. The fraction of sp³-hybridized carbons (Fsp3) is 0.200. The van der Waals surface area contributed by atoms with Gasteiger partial charge in [-0.2, -0.15) is 5.26 Å². The van der Waals surface area contributed by atoms with Gasteiger partial charge in [0, 0.05) is 5.41 Å². The SMILES string of the molecule is C=COC(=O)C(C#N)=CC1=CCC(CC)(c2ccccc2)C=C1. The van der Waals surface area contributed by atoms with Crippen LogP contribution < -0.4 is 0 Å². The smallest absolute Gasteiger partial charge is 0.353 e. The quantitative estimate of drug-likeness (QED) is 0.351. The van der Waals surface area contributed by atoms with Gasteiger partial charge in [-0.15, -0.1) is 0 Å². The van der Waals surface area contributed by atoms with Crippen molar-refractivity contribution in [1.82, 2.24) is 0 Å². The van der Waals surface area contributed by atoms with Crippen molar-refractivity contribution in [2.75, 3.05) is 0 Å². The molecule has 0 radical (unpaired) electrons. The largest absolute Gasteiger partial charge is 0.431 e. The molecule has 0 bridgehead atoms. The highest BCUT2D eigenvalue weighted by atomic mass is 16.5. The minimum Gasteiger partial charge on any atom is -0.431 e. The van der Waals surface area contributed by atoms with E-state index >= 15 is 0 Å². The zero-order valence-corrected chi connectivity index (χ0v) is 13.2. The summed E-state index contributed by atoms with van der Waals surface area (Å²) >= 11 is 0. The van der Waals surface area contributed by atoms with E-state index in [9.17, 15) is 4.79 Å². The number of rotatable bonds is 5. The molecule has 1 aromatic carbocycles. The molecule has 0 saturated heterocycles. The van der Waals surface area contributed by atoms with Gasteiger partial charge in [0.15, 0.2) is 0 Å². The van der Waals surface area contributed by atoms with Crippen LogP contribution in [0, 0.1) is 11.3 Å². The molecule has 116 valence electrons. The zero-order valence-electron chi connectivity index (χ0n) is 13.2. The predicted molar refractivity (Wildman–Crippen MR) is 90.2 cm³/mol. The minimum atomic E-state index is -0.688. The predicted octanol–water partition coefficient (Wildman–Crippen LogP) is 4.36. The van der Waals surface area contributed by atoms with Crippen LogP contribution in [0.25, 0.3) is 0 Å². The van der Waals surface area contributed by atoms with Crippen LogP contribution >= 0.6 is 0 Å². The number of esters is 1. The third kappa shape index (κ3) is 3.67. The van der Waals surface area contributed by atoms with Crippen LogP contribution in [-0.4, -0.2) is 5.97 Å². The molecule has 0 spiro atoms. The number of nitriles is 1. The van der Waals surface area contributed by atoms with Gasteiger partial charge in [0.25, 0.3) is 0 Å². The van der Waals surface area contributed by atoms with Crippen LogP contribution in [0.1, 0.15) is 25.3 Å². The van der Waals surface area contributed by atoms with Crippen molar-refractivity contribution < 1.29 is 9.53 Å². The lowest BCUT2D eigenvalue weighted by molar-refractivity contribution is -0.133. The maximum absolute atomic E-state index is 11.6. The maximum Gasteiger partial charge on any atom is 0.353 e. The monoisotopic (exact) mass is 305 g/mol. The Balaban J connectivity index is 2.24. The zero-order chi connectivity index (χ0) is 16.7. The normalized spacial score (nSPS) is 20.3. The summed E-state index contributed by atoms with van der Waals surface area (Å²) in [7, 11) is 0. The summed E-state index contributed by atoms with van der Waals surface area (Å²) in [6.45, 7) is 5.48. The molecular formula is C20H19NO2. The summed E-state index contributed by atoms with van der Waals surface area (Å²) in [5, 5.41) is 9.08. The third-order valence-electron chi connectivity index (χ3n) is 4.12. The lowest BCUT2D eigenvalue weighted by Crippen LogP contribution is -2.23. The number of nitrogens with zero attached hydrogens (tertiary/aromatic N) is 1. The highest BCUT2D eigenvalue weighted by Gasteiger charge is 2.28. The van der Waals surface area contributed by atoms with Gasteiger partial charge in [-0.25, -0.2) is 4.79 Å². The lowest BCUT2D eigenvalue weighted by atomic mass is 9.72. The molecule has 1 aliphatic carbocycles. The highest BCUT2D eigenvalue weighted by Crippen LogP contribution is 2.37. The molecule has 2 rings (SSSR count). The first-order valence-electron chi connectivity index (χ1n) is 7.54. The standard InChI is InChI=1S/C20H19NO2/c1-3-20(18-8-6-5-7-9-18)12-10-16(11-13-20)14-17(15-21)19(22)23-4-2/h4-12,14H,2-3,13H2,1H3. The maximum atomic E-state index is 11.6. The third-order valence-corrected chi connectivity index (χ3v) is 4.12. The second kappa shape index (κ2) is 7.42. The summed E-state index contributed by atoms with van der Waals surface area (Å²) in [5.41, 5.74) is 2.03. The van der Waals surface area contributed by atoms with E-state index in [1.165, 1.54) is 5.56 Å². The molecule has 1 unspecified atom stereocenters. The second-order valence-corrected chi connectivity index (χ2v) is 5.36. The van der Waals surface area contributed by atoms with E-state index < -0.39 is 5.97 Å². The summed E-state index contributed by atoms with van der Waals surface area (Å²) in [6, 6.07) is 12.2. The van der Waals surface area contributed by atoms with E-state index in [0.29, 0.717) is 0 Å². The number of carbonyl (C=O) groups excluding carboxylic acids is 1. The number of allylic oxidation sites excluding steroid dienone is 5. The lowest BCUT2D eigenvalue weighted by Gasteiger charge is -2.31. The number of carbonyl (C=O) groups is 1. The molecule has 0 heterocycles. The van der Waals surface area contributed by atoms with Gasteiger partial charge in [0.05, 0.1) is 6.26 Å².